The minimum absolute atomic E-state index is 0.0635. The summed E-state index contributed by atoms with van der Waals surface area (Å²) >= 11 is 0. The van der Waals surface area contributed by atoms with Crippen molar-refractivity contribution in [2.45, 2.75) is 19.9 Å². The highest BCUT2D eigenvalue weighted by Gasteiger charge is 2.15. The molecule has 0 saturated carbocycles. The Kier molecular flexibility index (Phi) is 5.54. The van der Waals surface area contributed by atoms with Gasteiger partial charge in [-0.05, 0) is 48.9 Å². The van der Waals surface area contributed by atoms with Crippen LogP contribution in [0.15, 0.2) is 51.7 Å². The molecular formula is C21H22N2O5. The molecule has 0 saturated heterocycles. The summed E-state index contributed by atoms with van der Waals surface area (Å²) in [6.07, 6.45) is 0.172. The molecule has 0 fully saturated rings. The third-order valence-corrected chi connectivity index (χ3v) is 4.64. The highest BCUT2D eigenvalue weighted by atomic mass is 16.5. The number of phenolic OH excluding ortho intramolecular Hbond substituents is 1. The Morgan fingerprint density at radius 3 is 2.57 bits per heavy atom. The lowest BCUT2D eigenvalue weighted by Crippen LogP contribution is -2.28. The lowest BCUT2D eigenvalue weighted by atomic mass is 10.1. The summed E-state index contributed by atoms with van der Waals surface area (Å²) < 4.78 is 10.5. The summed E-state index contributed by atoms with van der Waals surface area (Å²) in [4.78, 5) is 25.4. The predicted octanol–water partition coefficient (Wildman–Crippen LogP) is 2.70. The zero-order valence-electron chi connectivity index (χ0n) is 15.8. The molecule has 0 aliphatic rings. The van der Waals surface area contributed by atoms with Crippen molar-refractivity contribution in [1.29, 1.82) is 0 Å². The molecule has 7 heteroatoms. The third kappa shape index (κ3) is 4.09. The Hall–Kier alpha value is -3.48. The van der Waals surface area contributed by atoms with Crippen molar-refractivity contribution < 1.29 is 19.1 Å². The van der Waals surface area contributed by atoms with Crippen LogP contribution in [-0.4, -0.2) is 24.7 Å². The summed E-state index contributed by atoms with van der Waals surface area (Å²) in [5.41, 5.74) is 7.28. The van der Waals surface area contributed by atoms with Crippen molar-refractivity contribution in [3.05, 3.63) is 64.0 Å². The van der Waals surface area contributed by atoms with E-state index >= 15 is 0 Å². The number of aromatic hydroxyl groups is 1. The summed E-state index contributed by atoms with van der Waals surface area (Å²) in [7, 11) is 1.59. The lowest BCUT2D eigenvalue weighted by molar-refractivity contribution is -0.117. The predicted molar refractivity (Wildman–Crippen MR) is 107 cm³/mol. The molecule has 1 heterocycles. The number of ether oxygens (including phenoxy) is 1. The second-order valence-corrected chi connectivity index (χ2v) is 6.51. The zero-order valence-corrected chi connectivity index (χ0v) is 15.8. The Bertz CT molecular complexity index is 1060. The molecule has 7 nitrogen and oxygen atoms in total. The van der Waals surface area contributed by atoms with Gasteiger partial charge in [-0.25, -0.2) is 4.79 Å². The molecule has 0 bridgehead atoms. The van der Waals surface area contributed by atoms with Gasteiger partial charge in [-0.2, -0.15) is 0 Å². The van der Waals surface area contributed by atoms with E-state index in [0.717, 1.165) is 22.4 Å². The highest BCUT2D eigenvalue weighted by Crippen LogP contribution is 2.29. The van der Waals surface area contributed by atoms with Crippen LogP contribution in [0.1, 0.15) is 17.5 Å². The van der Waals surface area contributed by atoms with Gasteiger partial charge in [0.1, 0.15) is 17.1 Å². The molecule has 0 spiro atoms. The van der Waals surface area contributed by atoms with E-state index in [0.29, 0.717) is 24.2 Å². The third-order valence-electron chi connectivity index (χ3n) is 4.64. The monoisotopic (exact) mass is 382 g/mol. The Labute approximate surface area is 161 Å². The first-order valence-corrected chi connectivity index (χ1v) is 8.81. The number of amides is 1. The number of nitrogens with two attached hydrogens (primary N) is 1. The summed E-state index contributed by atoms with van der Waals surface area (Å²) in [5.74, 6) is 0.376. The van der Waals surface area contributed by atoms with Gasteiger partial charge < -0.3 is 24.9 Å². The van der Waals surface area contributed by atoms with Crippen LogP contribution in [0.5, 0.6) is 11.5 Å². The number of hydrogen-bond acceptors (Lipinski definition) is 6. The maximum absolute atomic E-state index is 12.1. The summed E-state index contributed by atoms with van der Waals surface area (Å²) in [6, 6.07) is 12.1. The first kappa shape index (κ1) is 19.3. The van der Waals surface area contributed by atoms with Crippen LogP contribution < -0.4 is 21.0 Å². The first-order valence-electron chi connectivity index (χ1n) is 8.81. The van der Waals surface area contributed by atoms with E-state index in [1.54, 1.807) is 26.2 Å². The van der Waals surface area contributed by atoms with Gasteiger partial charge in [0.2, 0.25) is 5.91 Å². The number of methoxy groups -OCH3 is 1. The number of hydrogen-bond donors (Lipinski definition) is 2. The number of phenols is 1. The molecule has 3 rings (SSSR count). The van der Waals surface area contributed by atoms with Crippen LogP contribution in [0.25, 0.3) is 11.0 Å². The number of nitrogens with zero attached hydrogens (tertiary/aromatic N) is 1. The molecule has 1 amide bonds. The van der Waals surface area contributed by atoms with E-state index in [2.05, 4.69) is 0 Å². The quantitative estimate of drug-likeness (QED) is 0.609. The normalized spacial score (nSPS) is 10.8. The van der Waals surface area contributed by atoms with Crippen molar-refractivity contribution >= 4 is 22.6 Å². The van der Waals surface area contributed by atoms with Crippen molar-refractivity contribution in [2.24, 2.45) is 5.73 Å². The minimum atomic E-state index is -0.499. The zero-order chi connectivity index (χ0) is 20.3. The van der Waals surface area contributed by atoms with E-state index < -0.39 is 11.5 Å². The molecular weight excluding hydrogens is 360 g/mol. The molecule has 0 aliphatic heterocycles. The molecule has 2 aromatic carbocycles. The van der Waals surface area contributed by atoms with Gasteiger partial charge in [-0.15, -0.1) is 0 Å². The number of aryl methyl sites for hydroxylation is 1. The number of carbonyl (C=O) groups excluding carboxylic acids is 1. The molecule has 0 unspecified atom stereocenters. The van der Waals surface area contributed by atoms with Gasteiger partial charge >= 0.3 is 5.63 Å². The Morgan fingerprint density at radius 2 is 1.93 bits per heavy atom. The highest BCUT2D eigenvalue weighted by molar-refractivity contribution is 5.85. The molecule has 0 atom stereocenters. The molecule has 3 N–H and O–H groups in total. The lowest BCUT2D eigenvalue weighted by Gasteiger charge is -2.25. The van der Waals surface area contributed by atoms with Crippen LogP contribution >= 0.6 is 0 Å². The molecule has 0 radical (unpaired) electrons. The van der Waals surface area contributed by atoms with Crippen LogP contribution in [0, 0.1) is 6.92 Å². The van der Waals surface area contributed by atoms with Crippen molar-refractivity contribution in [3.63, 3.8) is 0 Å². The summed E-state index contributed by atoms with van der Waals surface area (Å²) in [6.45, 7) is 2.45. The van der Waals surface area contributed by atoms with Crippen LogP contribution in [0.2, 0.25) is 0 Å². The van der Waals surface area contributed by atoms with E-state index in [9.17, 15) is 14.7 Å². The number of primary amides is 1. The largest absolute Gasteiger partial charge is 0.508 e. The minimum Gasteiger partial charge on any atom is -0.508 e. The van der Waals surface area contributed by atoms with Gasteiger partial charge in [0.15, 0.2) is 0 Å². The first-order chi connectivity index (χ1) is 13.4. The van der Waals surface area contributed by atoms with Crippen LogP contribution in [-0.2, 0) is 11.3 Å². The smallest absolute Gasteiger partial charge is 0.336 e. The van der Waals surface area contributed by atoms with Gasteiger partial charge in [-0.3, -0.25) is 4.79 Å². The fraction of sp³-hybridized carbons (Fsp3) is 0.238. The average Bonchev–Trinajstić information content (AvgIpc) is 2.68. The van der Waals surface area contributed by atoms with Gasteiger partial charge in [-0.1, -0.05) is 0 Å². The summed E-state index contributed by atoms with van der Waals surface area (Å²) in [5, 5.41) is 10.6. The number of fused-ring (bicyclic) bond motifs is 1. The van der Waals surface area contributed by atoms with E-state index in [-0.39, 0.29) is 12.2 Å². The second-order valence-electron chi connectivity index (χ2n) is 6.51. The topological polar surface area (TPSA) is 106 Å². The van der Waals surface area contributed by atoms with E-state index in [1.165, 1.54) is 6.07 Å². The second kappa shape index (κ2) is 8.04. The number of anilines is 1. The fourth-order valence-corrected chi connectivity index (χ4v) is 3.09. The van der Waals surface area contributed by atoms with Crippen molar-refractivity contribution in [3.8, 4) is 11.5 Å². The molecule has 1 aromatic heterocycles. The molecule has 146 valence electrons. The Balaban J connectivity index is 2.03. The molecule has 0 aliphatic carbocycles. The van der Waals surface area contributed by atoms with Crippen LogP contribution in [0.4, 0.5) is 5.69 Å². The van der Waals surface area contributed by atoms with Gasteiger partial charge in [0, 0.05) is 42.2 Å². The van der Waals surface area contributed by atoms with Crippen molar-refractivity contribution in [1.82, 2.24) is 0 Å². The van der Waals surface area contributed by atoms with Gasteiger partial charge in [0.25, 0.3) is 0 Å². The molecule has 3 aromatic rings. The SMILES string of the molecule is COc1ccc(N(CCC(N)=O)Cc2cc(=O)oc3c(C)c(O)ccc23)cc1. The van der Waals surface area contributed by atoms with Crippen LogP contribution in [0.3, 0.4) is 0 Å². The standard InChI is InChI=1S/C21H22N2O5/c1-13-18(24)8-7-17-14(11-20(26)28-21(13)17)12-23(10-9-19(22)25)15-3-5-16(27-2)6-4-15/h3-8,11,24H,9-10,12H2,1-2H3,(H2,22,25). The van der Waals surface area contributed by atoms with E-state index in [1.807, 2.05) is 29.2 Å². The maximum atomic E-state index is 12.1. The van der Waals surface area contributed by atoms with Gasteiger partial charge in [0.05, 0.1) is 7.11 Å². The number of carbonyl (C=O) groups is 1. The van der Waals surface area contributed by atoms with Crippen molar-refractivity contribution in [2.75, 3.05) is 18.6 Å². The number of rotatable bonds is 7. The number of benzene rings is 2. The Morgan fingerprint density at radius 1 is 1.21 bits per heavy atom. The van der Waals surface area contributed by atoms with E-state index in [4.69, 9.17) is 14.9 Å². The fourth-order valence-electron chi connectivity index (χ4n) is 3.09. The maximum Gasteiger partial charge on any atom is 0.336 e. The molecule has 28 heavy (non-hydrogen) atoms. The average molecular weight is 382 g/mol.